The van der Waals surface area contributed by atoms with E-state index in [4.69, 9.17) is 0 Å². The van der Waals surface area contributed by atoms with Gasteiger partial charge in [-0.25, -0.2) is 9.97 Å². The summed E-state index contributed by atoms with van der Waals surface area (Å²) in [4.78, 5) is 9.04. The van der Waals surface area contributed by atoms with Crippen molar-refractivity contribution in [3.8, 4) is 0 Å². The van der Waals surface area contributed by atoms with Crippen molar-refractivity contribution in [3.63, 3.8) is 0 Å². The molecule has 1 heterocycles. The molecule has 0 aliphatic rings. The Balaban J connectivity index is 2.77. The van der Waals surface area contributed by atoms with Gasteiger partial charge in [-0.15, -0.1) is 0 Å². The second-order valence-electron chi connectivity index (χ2n) is 5.97. The number of aromatic nitrogens is 2. The third-order valence-corrected chi connectivity index (χ3v) is 3.68. The molecule has 1 aromatic heterocycles. The molecule has 0 bridgehead atoms. The summed E-state index contributed by atoms with van der Waals surface area (Å²) in [7, 11) is 0. The molecule has 4 nitrogen and oxygen atoms in total. The summed E-state index contributed by atoms with van der Waals surface area (Å²) < 4.78 is 0. The maximum Gasteiger partial charge on any atom is 0.132 e. The van der Waals surface area contributed by atoms with Crippen molar-refractivity contribution in [1.82, 2.24) is 9.97 Å². The van der Waals surface area contributed by atoms with Crippen LogP contribution in [0.15, 0.2) is 6.07 Å². The smallest absolute Gasteiger partial charge is 0.132 e. The molecule has 0 aliphatic heterocycles. The topological polar surface area (TPSA) is 49.8 Å². The summed E-state index contributed by atoms with van der Waals surface area (Å²) >= 11 is 0. The Morgan fingerprint density at radius 3 is 1.95 bits per heavy atom. The summed E-state index contributed by atoms with van der Waals surface area (Å²) in [6.07, 6.45) is 0.853. The molecule has 0 saturated carbocycles. The van der Waals surface area contributed by atoms with E-state index in [1.807, 2.05) is 6.07 Å². The quantitative estimate of drug-likeness (QED) is 0.759. The van der Waals surface area contributed by atoms with E-state index in [1.165, 1.54) is 0 Å². The first-order valence-electron chi connectivity index (χ1n) is 7.83. The highest BCUT2D eigenvalue weighted by Crippen LogP contribution is 2.21. The van der Waals surface area contributed by atoms with Crippen molar-refractivity contribution >= 4 is 11.6 Å². The van der Waals surface area contributed by atoms with Crippen molar-refractivity contribution in [3.05, 3.63) is 11.9 Å². The highest BCUT2D eigenvalue weighted by Gasteiger charge is 2.17. The molecule has 2 N–H and O–H groups in total. The molecule has 0 amide bonds. The van der Waals surface area contributed by atoms with E-state index in [9.17, 15) is 0 Å². The van der Waals surface area contributed by atoms with Crippen LogP contribution in [0.25, 0.3) is 0 Å². The molecule has 0 atom stereocenters. The molecule has 0 saturated heterocycles. The van der Waals surface area contributed by atoms with Crippen LogP contribution < -0.4 is 10.6 Å². The van der Waals surface area contributed by atoms with Crippen molar-refractivity contribution in [2.75, 3.05) is 23.7 Å². The minimum Gasteiger partial charge on any atom is -0.370 e. The standard InChI is InChI=1S/C16H30N4/c1-7-14-19-15(17-8-2)9-16(20-14)18-10-13(11(3)4)12(5)6/h9,11-13H,7-8,10H2,1-6H3,(H2,17,18,19,20). The Labute approximate surface area is 123 Å². The van der Waals surface area contributed by atoms with Crippen molar-refractivity contribution < 1.29 is 0 Å². The highest BCUT2D eigenvalue weighted by molar-refractivity contribution is 5.47. The van der Waals surface area contributed by atoms with Gasteiger partial charge in [-0.1, -0.05) is 34.6 Å². The first kappa shape index (κ1) is 16.7. The molecule has 0 radical (unpaired) electrons. The third kappa shape index (κ3) is 4.99. The van der Waals surface area contributed by atoms with Gasteiger partial charge in [0.25, 0.3) is 0 Å². The lowest BCUT2D eigenvalue weighted by molar-refractivity contribution is 0.304. The molecule has 20 heavy (non-hydrogen) atoms. The van der Waals surface area contributed by atoms with Crippen LogP contribution in [-0.2, 0) is 6.42 Å². The maximum absolute atomic E-state index is 4.56. The molecule has 0 unspecified atom stereocenters. The number of aryl methyl sites for hydroxylation is 1. The van der Waals surface area contributed by atoms with E-state index in [0.717, 1.165) is 37.0 Å². The first-order chi connectivity index (χ1) is 9.47. The number of hydrogen-bond acceptors (Lipinski definition) is 4. The highest BCUT2D eigenvalue weighted by atomic mass is 15.1. The van der Waals surface area contributed by atoms with Crippen LogP contribution in [0.4, 0.5) is 11.6 Å². The molecular weight excluding hydrogens is 248 g/mol. The lowest BCUT2D eigenvalue weighted by Gasteiger charge is -2.25. The van der Waals surface area contributed by atoms with Gasteiger partial charge in [-0.05, 0) is 24.7 Å². The number of anilines is 2. The van der Waals surface area contributed by atoms with E-state index in [1.54, 1.807) is 0 Å². The lowest BCUT2D eigenvalue weighted by Crippen LogP contribution is -2.25. The molecule has 1 rings (SSSR count). The van der Waals surface area contributed by atoms with E-state index in [0.29, 0.717) is 17.8 Å². The maximum atomic E-state index is 4.56. The molecule has 1 aromatic rings. The first-order valence-corrected chi connectivity index (χ1v) is 7.83. The zero-order valence-corrected chi connectivity index (χ0v) is 13.8. The summed E-state index contributed by atoms with van der Waals surface area (Å²) in [6.45, 7) is 15.1. The van der Waals surface area contributed by atoms with E-state index in [-0.39, 0.29) is 0 Å². The summed E-state index contributed by atoms with van der Waals surface area (Å²) in [6, 6.07) is 2.00. The van der Waals surface area contributed by atoms with E-state index >= 15 is 0 Å². The molecular formula is C16H30N4. The molecule has 0 aromatic carbocycles. The Hall–Kier alpha value is -1.32. The van der Waals surface area contributed by atoms with Crippen molar-refractivity contribution in [2.24, 2.45) is 17.8 Å². The lowest BCUT2D eigenvalue weighted by atomic mass is 9.85. The van der Waals surface area contributed by atoms with Gasteiger partial charge in [0, 0.05) is 25.6 Å². The monoisotopic (exact) mass is 278 g/mol. The Morgan fingerprint density at radius 1 is 0.950 bits per heavy atom. The Bertz CT molecular complexity index is 393. The van der Waals surface area contributed by atoms with E-state index < -0.39 is 0 Å². The minimum atomic E-state index is 0.651. The average Bonchev–Trinajstić information content (AvgIpc) is 2.38. The average molecular weight is 278 g/mol. The molecule has 0 fully saturated rings. The minimum absolute atomic E-state index is 0.651. The van der Waals surface area contributed by atoms with Crippen LogP contribution >= 0.6 is 0 Å². The van der Waals surface area contributed by atoms with Crippen LogP contribution in [0, 0.1) is 17.8 Å². The predicted octanol–water partition coefficient (Wildman–Crippen LogP) is 3.81. The number of nitrogens with one attached hydrogen (secondary N) is 2. The van der Waals surface area contributed by atoms with Crippen molar-refractivity contribution in [2.45, 2.75) is 48.0 Å². The molecule has 4 heteroatoms. The molecule has 0 aliphatic carbocycles. The zero-order valence-electron chi connectivity index (χ0n) is 13.8. The zero-order chi connectivity index (χ0) is 15.1. The predicted molar refractivity (Wildman–Crippen MR) is 87.2 cm³/mol. The van der Waals surface area contributed by atoms with Crippen LogP contribution in [-0.4, -0.2) is 23.1 Å². The second kappa shape index (κ2) is 8.08. The molecule has 114 valence electrons. The summed E-state index contributed by atoms with van der Waals surface area (Å²) in [5, 5.41) is 6.75. The normalized spacial score (nSPS) is 11.4. The largest absolute Gasteiger partial charge is 0.370 e. The van der Waals surface area contributed by atoms with Gasteiger partial charge in [0.05, 0.1) is 0 Å². The van der Waals surface area contributed by atoms with Gasteiger partial charge in [-0.2, -0.15) is 0 Å². The Kier molecular flexibility index (Phi) is 6.76. The van der Waals surface area contributed by atoms with Crippen LogP contribution in [0.3, 0.4) is 0 Å². The van der Waals surface area contributed by atoms with Crippen LogP contribution in [0.2, 0.25) is 0 Å². The van der Waals surface area contributed by atoms with Gasteiger partial charge < -0.3 is 10.6 Å². The van der Waals surface area contributed by atoms with Crippen LogP contribution in [0.1, 0.15) is 47.4 Å². The van der Waals surface area contributed by atoms with Gasteiger partial charge in [0.15, 0.2) is 0 Å². The summed E-state index contributed by atoms with van der Waals surface area (Å²) in [5.41, 5.74) is 0. The number of rotatable bonds is 8. The fourth-order valence-corrected chi connectivity index (χ4v) is 2.48. The van der Waals surface area contributed by atoms with Crippen molar-refractivity contribution in [1.29, 1.82) is 0 Å². The van der Waals surface area contributed by atoms with Gasteiger partial charge in [0.2, 0.25) is 0 Å². The van der Waals surface area contributed by atoms with Gasteiger partial charge in [0.1, 0.15) is 17.5 Å². The van der Waals surface area contributed by atoms with Gasteiger partial charge in [-0.3, -0.25) is 0 Å². The second-order valence-corrected chi connectivity index (χ2v) is 5.97. The molecule has 0 spiro atoms. The fourth-order valence-electron chi connectivity index (χ4n) is 2.48. The van der Waals surface area contributed by atoms with Gasteiger partial charge >= 0.3 is 0 Å². The number of nitrogens with zero attached hydrogens (tertiary/aromatic N) is 2. The van der Waals surface area contributed by atoms with Crippen LogP contribution in [0.5, 0.6) is 0 Å². The Morgan fingerprint density at radius 2 is 1.50 bits per heavy atom. The number of hydrogen-bond donors (Lipinski definition) is 2. The SMILES string of the molecule is CCNc1cc(NCC(C(C)C)C(C)C)nc(CC)n1. The van der Waals surface area contributed by atoms with E-state index in [2.05, 4.69) is 62.1 Å². The fraction of sp³-hybridized carbons (Fsp3) is 0.750. The third-order valence-electron chi connectivity index (χ3n) is 3.68. The summed E-state index contributed by atoms with van der Waals surface area (Å²) in [5.74, 6) is 4.72.